The molecule has 1 amide bonds. The number of piperidine rings is 1. The molecule has 2 rings (SSSR count). The lowest BCUT2D eigenvalue weighted by molar-refractivity contribution is -0.161. The van der Waals surface area contributed by atoms with Crippen LogP contribution in [0.3, 0.4) is 0 Å². The molecule has 5 heteroatoms. The lowest BCUT2D eigenvalue weighted by atomic mass is 9.75. The first kappa shape index (κ1) is 15.3. The van der Waals surface area contributed by atoms with E-state index in [1.54, 1.807) is 11.9 Å². The zero-order valence-corrected chi connectivity index (χ0v) is 12.7. The second-order valence-electron chi connectivity index (χ2n) is 6.63. The van der Waals surface area contributed by atoms with E-state index in [1.165, 1.54) is 6.42 Å². The minimum absolute atomic E-state index is 0.0796. The van der Waals surface area contributed by atoms with Gasteiger partial charge in [-0.25, -0.2) is 4.79 Å². The predicted molar refractivity (Wildman–Crippen MR) is 76.4 cm³/mol. The first-order valence-electron chi connectivity index (χ1n) is 7.63. The van der Waals surface area contributed by atoms with Crippen LogP contribution in [0.5, 0.6) is 0 Å². The fourth-order valence-corrected chi connectivity index (χ4v) is 3.60. The molecule has 0 radical (unpaired) electrons. The lowest BCUT2D eigenvalue weighted by Gasteiger charge is -2.49. The molecule has 2 fully saturated rings. The third-order valence-corrected chi connectivity index (χ3v) is 5.05. The molecule has 2 aliphatic rings. The van der Waals surface area contributed by atoms with Gasteiger partial charge in [-0.1, -0.05) is 12.8 Å². The van der Waals surface area contributed by atoms with Crippen molar-refractivity contribution in [3.05, 3.63) is 0 Å². The van der Waals surface area contributed by atoms with Crippen LogP contribution in [0.15, 0.2) is 0 Å². The lowest BCUT2D eigenvalue weighted by Crippen LogP contribution is -2.64. The van der Waals surface area contributed by atoms with Gasteiger partial charge in [-0.05, 0) is 52.5 Å². The largest absolute Gasteiger partial charge is 0.480 e. The van der Waals surface area contributed by atoms with Crippen molar-refractivity contribution in [1.82, 2.24) is 10.2 Å². The van der Waals surface area contributed by atoms with Crippen LogP contribution < -0.4 is 5.32 Å². The number of amides is 1. The third kappa shape index (κ3) is 2.68. The van der Waals surface area contributed by atoms with Gasteiger partial charge in [0.2, 0.25) is 5.91 Å². The van der Waals surface area contributed by atoms with E-state index in [0.29, 0.717) is 12.3 Å². The molecule has 3 atom stereocenters. The first-order valence-corrected chi connectivity index (χ1v) is 7.63. The summed E-state index contributed by atoms with van der Waals surface area (Å²) in [4.78, 5) is 26.1. The molecule has 1 aliphatic heterocycles. The second kappa shape index (κ2) is 5.72. The molecule has 3 unspecified atom stereocenters. The number of carboxylic acid groups (broad SMARTS) is 1. The molecule has 1 heterocycles. The Hall–Kier alpha value is -1.10. The van der Waals surface area contributed by atoms with E-state index < -0.39 is 17.6 Å². The number of carboxylic acids is 1. The highest BCUT2D eigenvalue weighted by Gasteiger charge is 2.46. The molecule has 0 bridgehead atoms. The van der Waals surface area contributed by atoms with E-state index in [0.717, 1.165) is 25.7 Å². The summed E-state index contributed by atoms with van der Waals surface area (Å²) in [6.45, 7) is 3.64. The van der Waals surface area contributed by atoms with Crippen molar-refractivity contribution < 1.29 is 14.7 Å². The maximum absolute atomic E-state index is 12.8. The monoisotopic (exact) mass is 282 g/mol. The van der Waals surface area contributed by atoms with Gasteiger partial charge < -0.3 is 15.3 Å². The Bertz CT molecular complexity index is 395. The van der Waals surface area contributed by atoms with Gasteiger partial charge in [0.1, 0.15) is 6.04 Å². The maximum Gasteiger partial charge on any atom is 0.326 e. The Labute approximate surface area is 120 Å². The van der Waals surface area contributed by atoms with Crippen LogP contribution in [0.4, 0.5) is 0 Å². The molecule has 5 nitrogen and oxygen atoms in total. The minimum Gasteiger partial charge on any atom is -0.480 e. The van der Waals surface area contributed by atoms with E-state index in [-0.39, 0.29) is 11.9 Å². The molecule has 1 aliphatic carbocycles. The van der Waals surface area contributed by atoms with Gasteiger partial charge in [0.15, 0.2) is 0 Å². The number of rotatable bonds is 3. The van der Waals surface area contributed by atoms with E-state index in [1.807, 2.05) is 13.8 Å². The molecule has 2 N–H and O–H groups in total. The average Bonchev–Trinajstić information content (AvgIpc) is 2.45. The number of aliphatic carboxylic acids is 1. The van der Waals surface area contributed by atoms with Crippen molar-refractivity contribution in [2.24, 2.45) is 5.92 Å². The van der Waals surface area contributed by atoms with Crippen LogP contribution in [0, 0.1) is 5.92 Å². The Kier molecular flexibility index (Phi) is 4.37. The van der Waals surface area contributed by atoms with Crippen LogP contribution in [-0.4, -0.2) is 46.6 Å². The SMILES string of the molecule is CNC(C)(C)C(=O)N1C(C(=O)O)CCC2CCCCC21. The molecular weight excluding hydrogens is 256 g/mol. The summed E-state index contributed by atoms with van der Waals surface area (Å²) in [5.74, 6) is -0.464. The van der Waals surface area contributed by atoms with Crippen LogP contribution in [0.1, 0.15) is 52.4 Å². The van der Waals surface area contributed by atoms with Crippen LogP contribution in [0.25, 0.3) is 0 Å². The molecule has 1 saturated heterocycles. The molecule has 0 aromatic rings. The Morgan fingerprint density at radius 3 is 2.40 bits per heavy atom. The van der Waals surface area contributed by atoms with Gasteiger partial charge in [-0.15, -0.1) is 0 Å². The van der Waals surface area contributed by atoms with Gasteiger partial charge in [0.25, 0.3) is 0 Å². The summed E-state index contributed by atoms with van der Waals surface area (Å²) in [5, 5.41) is 12.5. The number of likely N-dealkylation sites (N-methyl/N-ethyl adjacent to an activating group) is 1. The number of hydrogen-bond acceptors (Lipinski definition) is 3. The number of carbonyl (C=O) groups is 2. The fraction of sp³-hybridized carbons (Fsp3) is 0.867. The van der Waals surface area contributed by atoms with Gasteiger partial charge >= 0.3 is 5.97 Å². The van der Waals surface area contributed by atoms with Gasteiger partial charge in [-0.2, -0.15) is 0 Å². The van der Waals surface area contributed by atoms with Crippen molar-refractivity contribution in [3.8, 4) is 0 Å². The first-order chi connectivity index (χ1) is 9.38. The number of fused-ring (bicyclic) bond motifs is 1. The van der Waals surface area contributed by atoms with Crippen molar-refractivity contribution in [2.45, 2.75) is 70.0 Å². The predicted octanol–water partition coefficient (Wildman–Crippen LogP) is 1.62. The average molecular weight is 282 g/mol. The Morgan fingerprint density at radius 2 is 1.80 bits per heavy atom. The zero-order valence-electron chi connectivity index (χ0n) is 12.7. The topological polar surface area (TPSA) is 69.6 Å². The highest BCUT2D eigenvalue weighted by Crippen LogP contribution is 2.38. The van der Waals surface area contributed by atoms with Crippen molar-refractivity contribution in [3.63, 3.8) is 0 Å². The quantitative estimate of drug-likeness (QED) is 0.825. The minimum atomic E-state index is -0.866. The molecular formula is C15H26N2O3. The van der Waals surface area contributed by atoms with Crippen LogP contribution in [-0.2, 0) is 9.59 Å². The van der Waals surface area contributed by atoms with E-state index in [2.05, 4.69) is 5.32 Å². The van der Waals surface area contributed by atoms with Crippen LogP contribution >= 0.6 is 0 Å². The Balaban J connectivity index is 2.30. The number of nitrogens with zero attached hydrogens (tertiary/aromatic N) is 1. The molecule has 0 aromatic carbocycles. The summed E-state index contributed by atoms with van der Waals surface area (Å²) in [7, 11) is 1.75. The van der Waals surface area contributed by atoms with E-state index in [9.17, 15) is 14.7 Å². The Morgan fingerprint density at radius 1 is 1.15 bits per heavy atom. The van der Waals surface area contributed by atoms with Crippen molar-refractivity contribution >= 4 is 11.9 Å². The number of nitrogens with one attached hydrogen (secondary N) is 1. The second-order valence-corrected chi connectivity index (χ2v) is 6.63. The normalized spacial score (nSPS) is 30.8. The molecule has 1 saturated carbocycles. The molecule has 20 heavy (non-hydrogen) atoms. The summed E-state index contributed by atoms with van der Waals surface area (Å²) >= 11 is 0. The van der Waals surface area contributed by atoms with Gasteiger partial charge in [0.05, 0.1) is 5.54 Å². The number of likely N-dealkylation sites (tertiary alicyclic amines) is 1. The number of carbonyl (C=O) groups excluding carboxylic acids is 1. The zero-order chi connectivity index (χ0) is 14.9. The summed E-state index contributed by atoms with van der Waals surface area (Å²) < 4.78 is 0. The molecule has 114 valence electrons. The summed E-state index contributed by atoms with van der Waals surface area (Å²) in [6.07, 6.45) is 5.89. The highest BCUT2D eigenvalue weighted by molar-refractivity contribution is 5.90. The van der Waals surface area contributed by atoms with Gasteiger partial charge in [-0.3, -0.25) is 4.79 Å². The standard InChI is InChI=1S/C15H26N2O3/c1-15(2,16-3)14(20)17-11-7-5-4-6-10(11)8-9-12(17)13(18)19/h10-12,16H,4-9H2,1-3H3,(H,18,19). The van der Waals surface area contributed by atoms with Crippen molar-refractivity contribution in [2.75, 3.05) is 7.05 Å². The van der Waals surface area contributed by atoms with E-state index >= 15 is 0 Å². The number of hydrogen-bond donors (Lipinski definition) is 2. The fourth-order valence-electron chi connectivity index (χ4n) is 3.60. The van der Waals surface area contributed by atoms with Crippen LogP contribution in [0.2, 0.25) is 0 Å². The molecule has 0 spiro atoms. The third-order valence-electron chi connectivity index (χ3n) is 5.05. The van der Waals surface area contributed by atoms with Crippen molar-refractivity contribution in [1.29, 1.82) is 0 Å². The summed E-state index contributed by atoms with van der Waals surface area (Å²) in [5.41, 5.74) is -0.715. The van der Waals surface area contributed by atoms with Gasteiger partial charge in [0, 0.05) is 6.04 Å². The summed E-state index contributed by atoms with van der Waals surface area (Å²) in [6, 6.07) is -0.548. The smallest absolute Gasteiger partial charge is 0.326 e. The highest BCUT2D eigenvalue weighted by atomic mass is 16.4. The molecule has 0 aromatic heterocycles. The van der Waals surface area contributed by atoms with E-state index in [4.69, 9.17) is 0 Å². The maximum atomic E-state index is 12.8.